The first-order valence-corrected chi connectivity index (χ1v) is 6.58. The van der Waals surface area contributed by atoms with E-state index in [-0.39, 0.29) is 6.42 Å². The molecule has 1 aromatic rings. The lowest BCUT2D eigenvalue weighted by molar-refractivity contribution is -0.136. The van der Waals surface area contributed by atoms with Crippen molar-refractivity contribution in [2.75, 3.05) is 0 Å². The molecule has 1 unspecified atom stereocenters. The maximum Gasteiger partial charge on any atom is 0.389 e. The second kappa shape index (κ2) is 6.06. The van der Waals surface area contributed by atoms with E-state index in [4.69, 9.17) is 5.73 Å². The summed E-state index contributed by atoms with van der Waals surface area (Å²) >= 11 is 3.40. The fourth-order valence-corrected chi connectivity index (χ4v) is 2.21. The third-order valence-corrected chi connectivity index (χ3v) is 3.74. The molecule has 3 nitrogen and oxygen atoms in total. The van der Waals surface area contributed by atoms with Crippen LogP contribution in [0.15, 0.2) is 4.47 Å². The zero-order valence-electron chi connectivity index (χ0n) is 10.4. The Kier molecular flexibility index (Phi) is 5.21. The Morgan fingerprint density at radius 2 is 2.06 bits per heavy atom. The maximum atomic E-state index is 12.1. The van der Waals surface area contributed by atoms with E-state index in [1.54, 1.807) is 4.68 Å². The van der Waals surface area contributed by atoms with Crippen LogP contribution < -0.4 is 5.73 Å². The highest BCUT2D eigenvalue weighted by Crippen LogP contribution is 2.25. The fraction of sp³-hybridized carbons (Fsp3) is 0.727. The predicted molar refractivity (Wildman–Crippen MR) is 67.3 cm³/mol. The standard InChI is InChI=1S/C11H17BrF3N3/c1-3-18-9(10(12)7(2)17-18)6-8(16)4-5-11(13,14)15/h8H,3-6,16H2,1-2H3. The summed E-state index contributed by atoms with van der Waals surface area (Å²) < 4.78 is 38.9. The van der Waals surface area contributed by atoms with Gasteiger partial charge in [-0.1, -0.05) is 0 Å². The average molecular weight is 328 g/mol. The van der Waals surface area contributed by atoms with Crippen molar-refractivity contribution in [2.24, 2.45) is 5.73 Å². The van der Waals surface area contributed by atoms with Crippen LogP contribution in [0.3, 0.4) is 0 Å². The summed E-state index contributed by atoms with van der Waals surface area (Å²) in [5, 5.41) is 4.28. The number of alkyl halides is 3. The molecule has 0 aromatic carbocycles. The summed E-state index contributed by atoms with van der Waals surface area (Å²) in [4.78, 5) is 0. The molecule has 0 saturated carbocycles. The van der Waals surface area contributed by atoms with Gasteiger partial charge in [0.25, 0.3) is 0 Å². The fourth-order valence-electron chi connectivity index (χ4n) is 1.76. The number of aryl methyl sites for hydroxylation is 2. The lowest BCUT2D eigenvalue weighted by Crippen LogP contribution is -2.26. The Labute approximate surface area is 113 Å². The molecule has 1 atom stereocenters. The van der Waals surface area contributed by atoms with Crippen LogP contribution in [-0.2, 0) is 13.0 Å². The smallest absolute Gasteiger partial charge is 0.327 e. The summed E-state index contributed by atoms with van der Waals surface area (Å²) in [7, 11) is 0. The molecule has 7 heteroatoms. The normalized spacial score (nSPS) is 13.9. The molecule has 2 N–H and O–H groups in total. The molecular formula is C11H17BrF3N3. The maximum absolute atomic E-state index is 12.1. The quantitative estimate of drug-likeness (QED) is 0.902. The van der Waals surface area contributed by atoms with E-state index < -0.39 is 18.6 Å². The van der Waals surface area contributed by atoms with Gasteiger partial charge < -0.3 is 5.73 Å². The van der Waals surface area contributed by atoms with Crippen molar-refractivity contribution in [3.63, 3.8) is 0 Å². The van der Waals surface area contributed by atoms with Crippen molar-refractivity contribution in [3.8, 4) is 0 Å². The summed E-state index contributed by atoms with van der Waals surface area (Å²) in [5.74, 6) is 0. The zero-order valence-corrected chi connectivity index (χ0v) is 12.0. The van der Waals surface area contributed by atoms with Gasteiger partial charge in [-0.05, 0) is 36.2 Å². The molecule has 1 aromatic heterocycles. The SMILES string of the molecule is CCn1nc(C)c(Br)c1CC(N)CCC(F)(F)F. The van der Waals surface area contributed by atoms with E-state index in [0.29, 0.717) is 13.0 Å². The molecule has 18 heavy (non-hydrogen) atoms. The van der Waals surface area contributed by atoms with Gasteiger partial charge in [-0.2, -0.15) is 18.3 Å². The molecule has 0 aliphatic carbocycles. The van der Waals surface area contributed by atoms with Gasteiger partial charge in [0.05, 0.1) is 15.9 Å². The van der Waals surface area contributed by atoms with Crippen LogP contribution in [0.1, 0.15) is 31.2 Å². The van der Waals surface area contributed by atoms with Crippen molar-refractivity contribution in [3.05, 3.63) is 15.9 Å². The Morgan fingerprint density at radius 3 is 2.56 bits per heavy atom. The molecule has 0 amide bonds. The molecule has 0 spiro atoms. The number of hydrogen-bond acceptors (Lipinski definition) is 2. The first kappa shape index (κ1) is 15.5. The van der Waals surface area contributed by atoms with Crippen molar-refractivity contribution in [1.29, 1.82) is 0 Å². The third kappa shape index (κ3) is 4.28. The van der Waals surface area contributed by atoms with Crippen LogP contribution in [0.2, 0.25) is 0 Å². The van der Waals surface area contributed by atoms with E-state index in [1.165, 1.54) is 0 Å². The van der Waals surface area contributed by atoms with Crippen LogP contribution in [0.4, 0.5) is 13.2 Å². The number of nitrogens with zero attached hydrogens (tertiary/aromatic N) is 2. The van der Waals surface area contributed by atoms with Gasteiger partial charge in [0.15, 0.2) is 0 Å². The Balaban J connectivity index is 2.67. The van der Waals surface area contributed by atoms with Crippen LogP contribution in [0, 0.1) is 6.92 Å². The lowest BCUT2D eigenvalue weighted by Gasteiger charge is -2.14. The Bertz CT molecular complexity index is 401. The minimum absolute atomic E-state index is 0.0656. The molecular weight excluding hydrogens is 311 g/mol. The summed E-state index contributed by atoms with van der Waals surface area (Å²) in [6, 6.07) is -0.510. The van der Waals surface area contributed by atoms with Crippen LogP contribution >= 0.6 is 15.9 Å². The van der Waals surface area contributed by atoms with Gasteiger partial charge in [0.1, 0.15) is 0 Å². The molecule has 0 aliphatic heterocycles. The first-order chi connectivity index (χ1) is 8.24. The topological polar surface area (TPSA) is 43.8 Å². The van der Waals surface area contributed by atoms with Gasteiger partial charge in [0, 0.05) is 25.4 Å². The zero-order chi connectivity index (χ0) is 13.9. The number of rotatable bonds is 5. The van der Waals surface area contributed by atoms with Crippen LogP contribution in [0.5, 0.6) is 0 Å². The molecule has 104 valence electrons. The van der Waals surface area contributed by atoms with Crippen LogP contribution in [0.25, 0.3) is 0 Å². The molecule has 1 rings (SSSR count). The second-order valence-electron chi connectivity index (χ2n) is 4.28. The molecule has 0 fully saturated rings. The third-order valence-electron chi connectivity index (χ3n) is 2.71. The minimum Gasteiger partial charge on any atom is -0.327 e. The molecule has 1 heterocycles. The minimum atomic E-state index is -4.14. The van der Waals surface area contributed by atoms with Crippen molar-refractivity contribution >= 4 is 15.9 Å². The van der Waals surface area contributed by atoms with Gasteiger partial charge >= 0.3 is 6.18 Å². The predicted octanol–water partition coefficient (Wildman–Crippen LogP) is 3.19. The van der Waals surface area contributed by atoms with Gasteiger partial charge in [-0.25, -0.2) is 0 Å². The molecule has 0 radical (unpaired) electrons. The molecule has 0 bridgehead atoms. The van der Waals surface area contributed by atoms with Gasteiger partial charge in [-0.15, -0.1) is 0 Å². The van der Waals surface area contributed by atoms with E-state index in [0.717, 1.165) is 15.9 Å². The van der Waals surface area contributed by atoms with Crippen molar-refractivity contribution in [1.82, 2.24) is 9.78 Å². The highest BCUT2D eigenvalue weighted by Gasteiger charge is 2.28. The monoisotopic (exact) mass is 327 g/mol. The lowest BCUT2D eigenvalue weighted by atomic mass is 10.1. The highest BCUT2D eigenvalue weighted by molar-refractivity contribution is 9.10. The van der Waals surface area contributed by atoms with Gasteiger partial charge in [-0.3, -0.25) is 4.68 Å². The summed E-state index contributed by atoms with van der Waals surface area (Å²) in [6.07, 6.45) is -4.66. The van der Waals surface area contributed by atoms with E-state index in [9.17, 15) is 13.2 Å². The van der Waals surface area contributed by atoms with E-state index >= 15 is 0 Å². The average Bonchev–Trinajstić information content (AvgIpc) is 2.53. The van der Waals surface area contributed by atoms with Crippen molar-refractivity contribution in [2.45, 2.75) is 51.9 Å². The Hall–Kier alpha value is -0.560. The largest absolute Gasteiger partial charge is 0.389 e. The summed E-state index contributed by atoms with van der Waals surface area (Å²) in [5.41, 5.74) is 7.45. The van der Waals surface area contributed by atoms with Crippen molar-refractivity contribution < 1.29 is 13.2 Å². The number of aromatic nitrogens is 2. The molecule has 0 aliphatic rings. The summed E-state index contributed by atoms with van der Waals surface area (Å²) in [6.45, 7) is 4.46. The van der Waals surface area contributed by atoms with Gasteiger partial charge in [0.2, 0.25) is 0 Å². The number of nitrogens with two attached hydrogens (primary N) is 1. The Morgan fingerprint density at radius 1 is 1.44 bits per heavy atom. The highest BCUT2D eigenvalue weighted by atomic mass is 79.9. The molecule has 0 saturated heterocycles. The van der Waals surface area contributed by atoms with E-state index in [2.05, 4.69) is 21.0 Å². The van der Waals surface area contributed by atoms with E-state index in [1.807, 2.05) is 13.8 Å². The first-order valence-electron chi connectivity index (χ1n) is 5.78. The second-order valence-corrected chi connectivity index (χ2v) is 5.07. The number of halogens is 4. The van der Waals surface area contributed by atoms with Crippen LogP contribution in [-0.4, -0.2) is 22.0 Å². The number of hydrogen-bond donors (Lipinski definition) is 1.